The number of hydrogen-bond donors (Lipinski definition) is 0. The van der Waals surface area contributed by atoms with Gasteiger partial charge in [0.15, 0.2) is 0 Å². The second-order valence-electron chi connectivity index (χ2n) is 4.38. The summed E-state index contributed by atoms with van der Waals surface area (Å²) >= 11 is 0. The van der Waals surface area contributed by atoms with Gasteiger partial charge in [0.1, 0.15) is 5.60 Å². The fourth-order valence-corrected chi connectivity index (χ4v) is 0.854. The molecule has 0 fully saturated rings. The third kappa shape index (κ3) is 7.29. The summed E-state index contributed by atoms with van der Waals surface area (Å²) in [7, 11) is 0. The minimum absolute atomic E-state index is 0.117. The van der Waals surface area contributed by atoms with Crippen LogP contribution >= 0.6 is 0 Å². The number of ether oxygens (including phenoxy) is 1. The lowest BCUT2D eigenvalue weighted by molar-refractivity contribution is -0.265. The van der Waals surface area contributed by atoms with Crippen molar-refractivity contribution in [2.45, 2.75) is 53.1 Å². The standard InChI is InChI=1S/C12H22O4/c1-6-8-10(16-14-9-7-2)11(13)15-12(3,4)5/h8H,6-7,9H2,1-5H3. The van der Waals surface area contributed by atoms with Crippen molar-refractivity contribution in [1.29, 1.82) is 0 Å². The SMILES string of the molecule is CCC=C(OOCCC)C(=O)OC(C)(C)C. The van der Waals surface area contributed by atoms with Crippen molar-refractivity contribution in [3.05, 3.63) is 11.8 Å². The highest BCUT2D eigenvalue weighted by Gasteiger charge is 2.21. The van der Waals surface area contributed by atoms with Gasteiger partial charge in [-0.3, -0.25) is 0 Å². The van der Waals surface area contributed by atoms with Crippen molar-refractivity contribution in [3.63, 3.8) is 0 Å². The molecule has 0 aliphatic carbocycles. The van der Waals surface area contributed by atoms with Gasteiger partial charge in [-0.15, -0.1) is 0 Å². The summed E-state index contributed by atoms with van der Waals surface area (Å²) in [5.74, 6) is -0.378. The van der Waals surface area contributed by atoms with E-state index < -0.39 is 11.6 Å². The maximum atomic E-state index is 11.6. The molecule has 0 heterocycles. The van der Waals surface area contributed by atoms with E-state index in [-0.39, 0.29) is 5.76 Å². The Balaban J connectivity index is 4.31. The average Bonchev–Trinajstić information content (AvgIpc) is 2.14. The fourth-order valence-electron chi connectivity index (χ4n) is 0.854. The third-order valence-electron chi connectivity index (χ3n) is 1.43. The maximum Gasteiger partial charge on any atom is 0.377 e. The first-order chi connectivity index (χ1) is 7.40. The van der Waals surface area contributed by atoms with Gasteiger partial charge in [-0.05, 0) is 39.7 Å². The van der Waals surface area contributed by atoms with E-state index in [0.717, 1.165) is 6.42 Å². The summed E-state index contributed by atoms with van der Waals surface area (Å²) in [4.78, 5) is 21.4. The first-order valence-corrected chi connectivity index (χ1v) is 5.63. The molecule has 0 saturated carbocycles. The first kappa shape index (κ1) is 15.0. The number of allylic oxidation sites excluding steroid dienone is 1. The zero-order valence-corrected chi connectivity index (χ0v) is 10.8. The molecule has 0 radical (unpaired) electrons. The van der Waals surface area contributed by atoms with Crippen LogP contribution < -0.4 is 0 Å². The van der Waals surface area contributed by atoms with Crippen molar-refractivity contribution in [2.75, 3.05) is 6.61 Å². The molecule has 4 heteroatoms. The van der Waals surface area contributed by atoms with Crippen molar-refractivity contribution in [1.82, 2.24) is 0 Å². The monoisotopic (exact) mass is 230 g/mol. The molecule has 0 aliphatic rings. The van der Waals surface area contributed by atoms with Gasteiger partial charge in [0.2, 0.25) is 5.76 Å². The molecular formula is C12H22O4. The highest BCUT2D eigenvalue weighted by molar-refractivity contribution is 5.86. The number of rotatable bonds is 6. The van der Waals surface area contributed by atoms with Crippen molar-refractivity contribution in [2.24, 2.45) is 0 Å². The van der Waals surface area contributed by atoms with E-state index in [1.165, 1.54) is 0 Å². The lowest BCUT2D eigenvalue weighted by Gasteiger charge is -2.20. The Kier molecular flexibility index (Phi) is 6.81. The molecule has 94 valence electrons. The highest BCUT2D eigenvalue weighted by Crippen LogP contribution is 2.12. The topological polar surface area (TPSA) is 44.8 Å². The van der Waals surface area contributed by atoms with Crippen LogP contribution in [0.4, 0.5) is 0 Å². The van der Waals surface area contributed by atoms with Crippen molar-refractivity contribution in [3.8, 4) is 0 Å². The molecule has 0 aromatic carbocycles. The lowest BCUT2D eigenvalue weighted by Crippen LogP contribution is -2.25. The summed E-state index contributed by atoms with van der Waals surface area (Å²) in [6.45, 7) is 9.74. The molecule has 4 nitrogen and oxygen atoms in total. The van der Waals surface area contributed by atoms with E-state index in [9.17, 15) is 4.79 Å². The van der Waals surface area contributed by atoms with Crippen LogP contribution in [0.5, 0.6) is 0 Å². The van der Waals surface area contributed by atoms with Gasteiger partial charge < -0.3 is 9.62 Å². The molecule has 0 bridgehead atoms. The molecule has 0 rings (SSSR count). The van der Waals surface area contributed by atoms with Crippen LogP contribution in [0.2, 0.25) is 0 Å². The summed E-state index contributed by atoms with van der Waals surface area (Å²) in [6, 6.07) is 0. The van der Waals surface area contributed by atoms with E-state index in [2.05, 4.69) is 0 Å². The molecule has 0 aliphatic heterocycles. The number of hydrogen-bond acceptors (Lipinski definition) is 4. The number of carbonyl (C=O) groups excluding carboxylic acids is 1. The smallest absolute Gasteiger partial charge is 0.377 e. The minimum atomic E-state index is -0.530. The summed E-state index contributed by atoms with van der Waals surface area (Å²) in [5, 5.41) is 0. The van der Waals surface area contributed by atoms with E-state index in [0.29, 0.717) is 13.0 Å². The molecule has 0 N–H and O–H groups in total. The fraction of sp³-hybridized carbons (Fsp3) is 0.750. The average molecular weight is 230 g/mol. The van der Waals surface area contributed by atoms with Gasteiger partial charge in [-0.1, -0.05) is 13.8 Å². The predicted molar refractivity (Wildman–Crippen MR) is 61.5 cm³/mol. The van der Waals surface area contributed by atoms with Gasteiger partial charge in [0.05, 0.1) is 6.61 Å². The van der Waals surface area contributed by atoms with Crippen molar-refractivity contribution >= 4 is 5.97 Å². The summed E-state index contributed by atoms with van der Waals surface area (Å²) < 4.78 is 5.17. The molecule has 0 saturated heterocycles. The normalized spacial score (nSPS) is 12.4. The predicted octanol–water partition coefficient (Wildman–Crippen LogP) is 2.98. The van der Waals surface area contributed by atoms with Crippen molar-refractivity contribution < 1.29 is 19.3 Å². The molecule has 16 heavy (non-hydrogen) atoms. The van der Waals surface area contributed by atoms with Crippen LogP contribution in [-0.4, -0.2) is 18.2 Å². The van der Waals surface area contributed by atoms with Gasteiger partial charge in [0.25, 0.3) is 0 Å². The zero-order chi connectivity index (χ0) is 12.6. The maximum absolute atomic E-state index is 11.6. The highest BCUT2D eigenvalue weighted by atomic mass is 17.2. The molecule has 0 aromatic rings. The number of esters is 1. The first-order valence-electron chi connectivity index (χ1n) is 5.63. The van der Waals surface area contributed by atoms with Crippen LogP contribution in [0, 0.1) is 0 Å². The van der Waals surface area contributed by atoms with Gasteiger partial charge >= 0.3 is 5.97 Å². The molecule has 0 aromatic heterocycles. The Labute approximate surface area is 97.5 Å². The van der Waals surface area contributed by atoms with E-state index in [4.69, 9.17) is 14.5 Å². The molecule has 0 unspecified atom stereocenters. The van der Waals surface area contributed by atoms with E-state index >= 15 is 0 Å². The van der Waals surface area contributed by atoms with E-state index in [1.54, 1.807) is 26.8 Å². The molecular weight excluding hydrogens is 208 g/mol. The Morgan fingerprint density at radius 3 is 2.31 bits per heavy atom. The van der Waals surface area contributed by atoms with Gasteiger partial charge in [-0.25, -0.2) is 4.79 Å². The Bertz CT molecular complexity index is 238. The van der Waals surface area contributed by atoms with Crippen LogP contribution in [0.15, 0.2) is 11.8 Å². The molecule has 0 spiro atoms. The Hall–Kier alpha value is -1.03. The second kappa shape index (κ2) is 7.28. The summed E-state index contributed by atoms with van der Waals surface area (Å²) in [6.07, 6.45) is 3.15. The third-order valence-corrected chi connectivity index (χ3v) is 1.43. The van der Waals surface area contributed by atoms with Crippen LogP contribution in [-0.2, 0) is 19.3 Å². The molecule has 0 amide bonds. The zero-order valence-electron chi connectivity index (χ0n) is 10.8. The van der Waals surface area contributed by atoms with Gasteiger partial charge in [-0.2, -0.15) is 4.89 Å². The lowest BCUT2D eigenvalue weighted by atomic mass is 10.2. The van der Waals surface area contributed by atoms with E-state index in [1.807, 2.05) is 13.8 Å². The Morgan fingerprint density at radius 1 is 1.25 bits per heavy atom. The van der Waals surface area contributed by atoms with Crippen LogP contribution in [0.25, 0.3) is 0 Å². The number of carbonyl (C=O) groups is 1. The largest absolute Gasteiger partial charge is 0.454 e. The molecule has 0 atom stereocenters. The second-order valence-corrected chi connectivity index (χ2v) is 4.38. The van der Waals surface area contributed by atoms with Crippen LogP contribution in [0.1, 0.15) is 47.5 Å². The minimum Gasteiger partial charge on any atom is -0.454 e. The summed E-state index contributed by atoms with van der Waals surface area (Å²) in [5.41, 5.74) is -0.530. The quantitative estimate of drug-likeness (QED) is 0.176. The van der Waals surface area contributed by atoms with Gasteiger partial charge in [0, 0.05) is 0 Å². The Morgan fingerprint density at radius 2 is 1.88 bits per heavy atom. The van der Waals surface area contributed by atoms with Crippen LogP contribution in [0.3, 0.4) is 0 Å².